The quantitative estimate of drug-likeness (QED) is 0.903. The molecule has 104 valence electrons. The van der Waals surface area contributed by atoms with E-state index in [1.54, 1.807) is 0 Å². The molecule has 1 aliphatic heterocycles. The van der Waals surface area contributed by atoms with Crippen LogP contribution in [-0.4, -0.2) is 41.7 Å². The molecule has 4 nitrogen and oxygen atoms in total. The first kappa shape index (κ1) is 14.3. The fraction of sp³-hybridized carbons (Fsp3) is 0.500. The number of likely N-dealkylation sites (tertiary alicyclic amines) is 1. The van der Waals surface area contributed by atoms with Crippen LogP contribution < -0.4 is 4.74 Å². The summed E-state index contributed by atoms with van der Waals surface area (Å²) in [6.07, 6.45) is 2.82. The number of nitrogens with zero attached hydrogens (tertiary/aromatic N) is 1. The molecule has 2 rings (SSSR count). The van der Waals surface area contributed by atoms with Gasteiger partial charge in [0.25, 0.3) is 0 Å². The summed E-state index contributed by atoms with van der Waals surface area (Å²) in [7, 11) is 0. The average Bonchev–Trinajstić information content (AvgIpc) is 2.41. The summed E-state index contributed by atoms with van der Waals surface area (Å²) in [5.74, 6) is 0.0930. The van der Waals surface area contributed by atoms with Gasteiger partial charge >= 0.3 is 5.97 Å². The second kappa shape index (κ2) is 6.91. The van der Waals surface area contributed by atoms with E-state index in [1.807, 2.05) is 29.2 Å². The molecule has 1 aromatic rings. The van der Waals surface area contributed by atoms with Crippen LogP contribution in [0, 0.1) is 0 Å². The molecule has 0 aliphatic carbocycles. The Hall–Kier alpha value is -1.07. The predicted octanol–water partition coefficient (Wildman–Crippen LogP) is 2.77. The molecule has 1 N–H and O–H groups in total. The Kier molecular flexibility index (Phi) is 5.22. The number of rotatable bonds is 5. The van der Waals surface area contributed by atoms with Crippen LogP contribution in [0.1, 0.15) is 19.3 Å². The van der Waals surface area contributed by atoms with E-state index in [9.17, 15) is 4.79 Å². The van der Waals surface area contributed by atoms with Gasteiger partial charge in [0.05, 0.1) is 0 Å². The first-order chi connectivity index (χ1) is 9.16. The molecule has 5 heteroatoms. The van der Waals surface area contributed by atoms with E-state index in [1.165, 1.54) is 0 Å². The van der Waals surface area contributed by atoms with Gasteiger partial charge in [0.1, 0.15) is 18.4 Å². The van der Waals surface area contributed by atoms with Gasteiger partial charge in [-0.15, -0.1) is 0 Å². The van der Waals surface area contributed by atoms with Crippen molar-refractivity contribution in [2.24, 2.45) is 0 Å². The molecule has 1 aromatic carbocycles. The summed E-state index contributed by atoms with van der Waals surface area (Å²) in [6.45, 7) is 2.03. The molecule has 1 saturated heterocycles. The number of carboxylic acids is 1. The Bertz CT molecular complexity index is 421. The minimum absolute atomic E-state index is 0.345. The van der Waals surface area contributed by atoms with Gasteiger partial charge in [-0.2, -0.15) is 0 Å². The fourth-order valence-electron chi connectivity index (χ4n) is 2.35. The van der Waals surface area contributed by atoms with Crippen LogP contribution in [0.3, 0.4) is 0 Å². The van der Waals surface area contributed by atoms with Crippen LogP contribution in [0.2, 0.25) is 0 Å². The summed E-state index contributed by atoms with van der Waals surface area (Å²) in [5.41, 5.74) is 0. The lowest BCUT2D eigenvalue weighted by Crippen LogP contribution is -2.46. The van der Waals surface area contributed by atoms with Crippen molar-refractivity contribution in [1.29, 1.82) is 0 Å². The maximum atomic E-state index is 11.1. The van der Waals surface area contributed by atoms with Crippen molar-refractivity contribution >= 4 is 21.9 Å². The molecule has 0 spiro atoms. The van der Waals surface area contributed by atoms with Gasteiger partial charge in [0.2, 0.25) is 0 Å². The van der Waals surface area contributed by atoms with E-state index in [2.05, 4.69) is 15.9 Å². The third-order valence-electron chi connectivity index (χ3n) is 3.36. The molecule has 0 aromatic heterocycles. The van der Waals surface area contributed by atoms with Crippen LogP contribution in [-0.2, 0) is 4.79 Å². The highest BCUT2D eigenvalue weighted by Crippen LogP contribution is 2.18. The molecule has 0 radical (unpaired) electrons. The van der Waals surface area contributed by atoms with Gasteiger partial charge in [-0.25, -0.2) is 0 Å². The molecular formula is C14H18BrNO3. The number of ether oxygens (including phenoxy) is 1. The summed E-state index contributed by atoms with van der Waals surface area (Å²) in [6, 6.07) is 7.30. The van der Waals surface area contributed by atoms with Gasteiger partial charge < -0.3 is 9.84 Å². The highest BCUT2D eigenvalue weighted by Gasteiger charge is 2.27. The maximum Gasteiger partial charge on any atom is 0.320 e. The smallest absolute Gasteiger partial charge is 0.320 e. The molecule has 1 unspecified atom stereocenters. The lowest BCUT2D eigenvalue weighted by atomic mass is 10.0. The molecule has 1 aliphatic rings. The number of piperidine rings is 1. The second-order valence-electron chi connectivity index (χ2n) is 4.69. The van der Waals surface area contributed by atoms with Crippen LogP contribution in [0.5, 0.6) is 5.75 Å². The minimum atomic E-state index is -0.719. The zero-order valence-electron chi connectivity index (χ0n) is 10.7. The fourth-order valence-corrected chi connectivity index (χ4v) is 2.61. The first-order valence-corrected chi connectivity index (χ1v) is 7.31. The van der Waals surface area contributed by atoms with Crippen LogP contribution >= 0.6 is 15.9 Å². The molecular weight excluding hydrogens is 310 g/mol. The van der Waals surface area contributed by atoms with E-state index >= 15 is 0 Å². The third-order valence-corrected chi connectivity index (χ3v) is 3.89. The van der Waals surface area contributed by atoms with Crippen molar-refractivity contribution in [2.45, 2.75) is 25.3 Å². The highest BCUT2D eigenvalue weighted by molar-refractivity contribution is 9.10. The van der Waals surface area contributed by atoms with Gasteiger partial charge in [-0.3, -0.25) is 9.69 Å². The van der Waals surface area contributed by atoms with Crippen LogP contribution in [0.15, 0.2) is 28.7 Å². The van der Waals surface area contributed by atoms with Gasteiger partial charge in [-0.1, -0.05) is 22.4 Å². The van der Waals surface area contributed by atoms with Gasteiger partial charge in [0, 0.05) is 11.0 Å². The number of hydrogen-bond donors (Lipinski definition) is 1. The number of hydrogen-bond acceptors (Lipinski definition) is 3. The zero-order chi connectivity index (χ0) is 13.7. The van der Waals surface area contributed by atoms with E-state index in [0.29, 0.717) is 13.2 Å². The van der Waals surface area contributed by atoms with Crippen molar-refractivity contribution in [2.75, 3.05) is 19.7 Å². The van der Waals surface area contributed by atoms with Crippen molar-refractivity contribution < 1.29 is 14.6 Å². The summed E-state index contributed by atoms with van der Waals surface area (Å²) >= 11 is 3.37. The molecule has 19 heavy (non-hydrogen) atoms. The minimum Gasteiger partial charge on any atom is -0.492 e. The molecule has 0 saturated carbocycles. The second-order valence-corrected chi connectivity index (χ2v) is 5.60. The Labute approximate surface area is 121 Å². The standard InChI is InChI=1S/C14H18BrNO3/c15-11-4-6-12(7-5-11)19-10-9-16-8-2-1-3-13(16)14(17)18/h4-7,13H,1-3,8-10H2,(H,17,18). The van der Waals surface area contributed by atoms with E-state index in [-0.39, 0.29) is 6.04 Å². The lowest BCUT2D eigenvalue weighted by Gasteiger charge is -2.32. The maximum absolute atomic E-state index is 11.1. The Morgan fingerprint density at radius 2 is 2.11 bits per heavy atom. The highest BCUT2D eigenvalue weighted by atomic mass is 79.9. The van der Waals surface area contributed by atoms with Crippen LogP contribution in [0.4, 0.5) is 0 Å². The number of carboxylic acid groups (broad SMARTS) is 1. The predicted molar refractivity (Wildman–Crippen MR) is 76.5 cm³/mol. The number of benzene rings is 1. The normalized spacial score (nSPS) is 20.2. The van der Waals surface area contributed by atoms with Gasteiger partial charge in [0.15, 0.2) is 0 Å². The Balaban J connectivity index is 1.80. The monoisotopic (exact) mass is 327 g/mol. The van der Waals surface area contributed by atoms with Gasteiger partial charge in [-0.05, 0) is 43.7 Å². The molecule has 1 heterocycles. The van der Waals surface area contributed by atoms with E-state index in [0.717, 1.165) is 36.0 Å². The van der Waals surface area contributed by atoms with Crippen molar-refractivity contribution in [3.8, 4) is 5.75 Å². The number of carbonyl (C=O) groups is 1. The van der Waals surface area contributed by atoms with Crippen LogP contribution in [0.25, 0.3) is 0 Å². The largest absolute Gasteiger partial charge is 0.492 e. The van der Waals surface area contributed by atoms with E-state index in [4.69, 9.17) is 9.84 Å². The van der Waals surface area contributed by atoms with Crippen molar-refractivity contribution in [1.82, 2.24) is 4.90 Å². The topological polar surface area (TPSA) is 49.8 Å². The Morgan fingerprint density at radius 1 is 1.37 bits per heavy atom. The summed E-state index contributed by atoms with van der Waals surface area (Å²) in [5, 5.41) is 9.17. The van der Waals surface area contributed by atoms with E-state index < -0.39 is 5.97 Å². The SMILES string of the molecule is O=C(O)C1CCCCN1CCOc1ccc(Br)cc1. The first-order valence-electron chi connectivity index (χ1n) is 6.52. The van der Waals surface area contributed by atoms with Crippen molar-refractivity contribution in [3.05, 3.63) is 28.7 Å². The lowest BCUT2D eigenvalue weighted by molar-refractivity contribution is -0.144. The summed E-state index contributed by atoms with van der Waals surface area (Å²) < 4.78 is 6.65. The Morgan fingerprint density at radius 3 is 2.79 bits per heavy atom. The molecule has 0 amide bonds. The molecule has 1 fully saturated rings. The average molecular weight is 328 g/mol. The third kappa shape index (κ3) is 4.21. The number of halogens is 1. The van der Waals surface area contributed by atoms with Crippen molar-refractivity contribution in [3.63, 3.8) is 0 Å². The summed E-state index contributed by atoms with van der Waals surface area (Å²) in [4.78, 5) is 13.2. The zero-order valence-corrected chi connectivity index (χ0v) is 12.3. The molecule has 0 bridgehead atoms. The number of aliphatic carboxylic acids is 1. The molecule has 1 atom stereocenters.